The molecule has 1 saturated carbocycles. The van der Waals surface area contributed by atoms with E-state index in [1.807, 2.05) is 6.92 Å². The standard InChI is InChI=1S/C11H14O3S/c1-10(4-5-10)11(2,14)8-7(9(12)13)3-6-15-8/h3,6,14H,4-5H2,1-2H3,(H,12,13). The third-order valence-corrected chi connectivity index (χ3v) is 4.64. The first-order chi connectivity index (χ1) is 6.88. The van der Waals surface area contributed by atoms with Gasteiger partial charge in [0.1, 0.15) is 5.60 Å². The lowest BCUT2D eigenvalue weighted by Crippen LogP contribution is -2.31. The number of hydrogen-bond donors (Lipinski definition) is 2. The number of carboxylic acids is 1. The van der Waals surface area contributed by atoms with Crippen molar-refractivity contribution in [2.45, 2.75) is 32.3 Å². The van der Waals surface area contributed by atoms with Crippen LogP contribution in [-0.4, -0.2) is 16.2 Å². The van der Waals surface area contributed by atoms with Gasteiger partial charge in [0.2, 0.25) is 0 Å². The minimum Gasteiger partial charge on any atom is -0.478 e. The highest BCUT2D eigenvalue weighted by atomic mass is 32.1. The summed E-state index contributed by atoms with van der Waals surface area (Å²) in [5.41, 5.74) is -0.935. The summed E-state index contributed by atoms with van der Waals surface area (Å²) in [7, 11) is 0. The molecule has 0 saturated heterocycles. The predicted octanol–water partition coefficient (Wildman–Crippen LogP) is 2.45. The van der Waals surface area contributed by atoms with Crippen LogP contribution in [0.25, 0.3) is 0 Å². The molecule has 1 aromatic rings. The highest BCUT2D eigenvalue weighted by Gasteiger charge is 2.54. The maximum Gasteiger partial charge on any atom is 0.336 e. The SMILES string of the molecule is CC1(C(C)(O)c2sccc2C(=O)O)CC1. The van der Waals surface area contributed by atoms with Gasteiger partial charge in [-0.3, -0.25) is 0 Å². The molecular formula is C11H14O3S. The van der Waals surface area contributed by atoms with Gasteiger partial charge in [-0.2, -0.15) is 0 Å². The molecule has 15 heavy (non-hydrogen) atoms. The third kappa shape index (κ3) is 1.48. The topological polar surface area (TPSA) is 57.5 Å². The molecule has 0 spiro atoms. The fraction of sp³-hybridized carbons (Fsp3) is 0.545. The summed E-state index contributed by atoms with van der Waals surface area (Å²) >= 11 is 1.32. The molecule has 1 heterocycles. The van der Waals surface area contributed by atoms with Crippen LogP contribution < -0.4 is 0 Å². The molecule has 1 aliphatic rings. The van der Waals surface area contributed by atoms with E-state index in [0.29, 0.717) is 4.88 Å². The zero-order valence-electron chi connectivity index (χ0n) is 8.78. The molecular weight excluding hydrogens is 212 g/mol. The Bertz CT molecular complexity index is 402. The van der Waals surface area contributed by atoms with E-state index in [0.717, 1.165) is 12.8 Å². The van der Waals surface area contributed by atoms with E-state index >= 15 is 0 Å². The van der Waals surface area contributed by atoms with E-state index in [-0.39, 0.29) is 11.0 Å². The van der Waals surface area contributed by atoms with Crippen molar-refractivity contribution in [3.8, 4) is 0 Å². The lowest BCUT2D eigenvalue weighted by Gasteiger charge is -2.30. The maximum atomic E-state index is 11.0. The van der Waals surface area contributed by atoms with E-state index in [1.54, 1.807) is 18.4 Å². The molecule has 4 heteroatoms. The Balaban J connectivity index is 2.44. The lowest BCUT2D eigenvalue weighted by molar-refractivity contribution is -0.0102. The van der Waals surface area contributed by atoms with Crippen LogP contribution in [-0.2, 0) is 5.60 Å². The average molecular weight is 226 g/mol. The number of carbonyl (C=O) groups is 1. The van der Waals surface area contributed by atoms with Gasteiger partial charge in [0, 0.05) is 5.41 Å². The summed E-state index contributed by atoms with van der Waals surface area (Å²) in [5.74, 6) is -0.962. The van der Waals surface area contributed by atoms with E-state index < -0.39 is 11.6 Å². The smallest absolute Gasteiger partial charge is 0.336 e. The molecule has 2 N–H and O–H groups in total. The van der Waals surface area contributed by atoms with Gasteiger partial charge in [0.15, 0.2) is 0 Å². The first-order valence-electron chi connectivity index (χ1n) is 4.92. The zero-order valence-corrected chi connectivity index (χ0v) is 9.60. The average Bonchev–Trinajstić information content (AvgIpc) is 2.73. The van der Waals surface area contributed by atoms with Crippen LogP contribution in [0.1, 0.15) is 41.9 Å². The van der Waals surface area contributed by atoms with Gasteiger partial charge in [-0.25, -0.2) is 4.79 Å². The second kappa shape index (κ2) is 3.06. The Morgan fingerprint density at radius 2 is 2.20 bits per heavy atom. The van der Waals surface area contributed by atoms with Crippen LogP contribution >= 0.6 is 11.3 Å². The van der Waals surface area contributed by atoms with Crippen molar-refractivity contribution in [3.63, 3.8) is 0 Å². The molecule has 1 fully saturated rings. The first kappa shape index (κ1) is 10.6. The first-order valence-corrected chi connectivity index (χ1v) is 5.80. The molecule has 1 atom stereocenters. The molecule has 0 amide bonds. The molecule has 82 valence electrons. The van der Waals surface area contributed by atoms with Crippen molar-refractivity contribution >= 4 is 17.3 Å². The second-order valence-electron chi connectivity index (χ2n) is 4.60. The van der Waals surface area contributed by atoms with Gasteiger partial charge in [0.05, 0.1) is 10.4 Å². The minimum atomic E-state index is -1.02. The molecule has 0 bridgehead atoms. The number of aromatic carboxylic acids is 1. The Labute approximate surface area is 92.4 Å². The van der Waals surface area contributed by atoms with Crippen LogP contribution in [0.15, 0.2) is 11.4 Å². The zero-order chi connectivity index (χ0) is 11.3. The summed E-state index contributed by atoms with van der Waals surface area (Å²) in [6.45, 7) is 3.72. The highest BCUT2D eigenvalue weighted by Crippen LogP contribution is 2.59. The van der Waals surface area contributed by atoms with Crippen LogP contribution in [0.2, 0.25) is 0 Å². The Hall–Kier alpha value is -0.870. The van der Waals surface area contributed by atoms with Gasteiger partial charge in [-0.15, -0.1) is 11.3 Å². The van der Waals surface area contributed by atoms with Crippen LogP contribution in [0.3, 0.4) is 0 Å². The molecule has 0 aliphatic heterocycles. The van der Waals surface area contributed by atoms with Crippen molar-refractivity contribution in [2.24, 2.45) is 5.41 Å². The Morgan fingerprint density at radius 3 is 2.67 bits per heavy atom. The lowest BCUT2D eigenvalue weighted by atomic mass is 9.84. The van der Waals surface area contributed by atoms with E-state index in [2.05, 4.69) is 0 Å². The second-order valence-corrected chi connectivity index (χ2v) is 5.52. The van der Waals surface area contributed by atoms with Gasteiger partial charge >= 0.3 is 5.97 Å². The Kier molecular flexibility index (Phi) is 2.17. The number of rotatable bonds is 3. The van der Waals surface area contributed by atoms with Crippen molar-refractivity contribution in [2.75, 3.05) is 0 Å². The molecule has 3 nitrogen and oxygen atoms in total. The summed E-state index contributed by atoms with van der Waals surface area (Å²) in [5, 5.41) is 21.2. The summed E-state index contributed by atoms with van der Waals surface area (Å²) in [6.07, 6.45) is 1.91. The number of aliphatic hydroxyl groups is 1. The quantitative estimate of drug-likeness (QED) is 0.832. The normalized spacial score (nSPS) is 22.1. The maximum absolute atomic E-state index is 11.0. The molecule has 1 aliphatic carbocycles. The number of hydrogen-bond acceptors (Lipinski definition) is 3. The van der Waals surface area contributed by atoms with E-state index in [9.17, 15) is 9.90 Å². The minimum absolute atomic E-state index is 0.151. The van der Waals surface area contributed by atoms with E-state index in [4.69, 9.17) is 5.11 Å². The fourth-order valence-corrected chi connectivity index (χ4v) is 2.90. The summed E-state index contributed by atoms with van der Waals surface area (Å²) < 4.78 is 0. The van der Waals surface area contributed by atoms with Crippen molar-refractivity contribution in [3.05, 3.63) is 21.9 Å². The van der Waals surface area contributed by atoms with Crippen LogP contribution in [0.4, 0.5) is 0 Å². The Morgan fingerprint density at radius 1 is 1.60 bits per heavy atom. The van der Waals surface area contributed by atoms with Crippen molar-refractivity contribution in [1.82, 2.24) is 0 Å². The highest BCUT2D eigenvalue weighted by molar-refractivity contribution is 7.10. The molecule has 1 aromatic heterocycles. The largest absolute Gasteiger partial charge is 0.478 e. The van der Waals surface area contributed by atoms with Gasteiger partial charge in [-0.1, -0.05) is 6.92 Å². The molecule has 0 radical (unpaired) electrons. The third-order valence-electron chi connectivity index (χ3n) is 3.51. The van der Waals surface area contributed by atoms with Gasteiger partial charge < -0.3 is 10.2 Å². The molecule has 1 unspecified atom stereocenters. The van der Waals surface area contributed by atoms with Crippen LogP contribution in [0, 0.1) is 5.41 Å². The van der Waals surface area contributed by atoms with Crippen molar-refractivity contribution < 1.29 is 15.0 Å². The number of carboxylic acid groups (broad SMARTS) is 1. The van der Waals surface area contributed by atoms with E-state index in [1.165, 1.54) is 11.3 Å². The summed E-state index contributed by atoms with van der Waals surface area (Å²) in [6, 6.07) is 1.56. The molecule has 2 rings (SSSR count). The van der Waals surface area contributed by atoms with Crippen LogP contribution in [0.5, 0.6) is 0 Å². The monoisotopic (exact) mass is 226 g/mol. The predicted molar refractivity (Wildman–Crippen MR) is 58.2 cm³/mol. The van der Waals surface area contributed by atoms with Gasteiger partial charge in [-0.05, 0) is 31.2 Å². The molecule has 0 aromatic carbocycles. The number of thiophene rings is 1. The van der Waals surface area contributed by atoms with Crippen molar-refractivity contribution in [1.29, 1.82) is 0 Å². The van der Waals surface area contributed by atoms with Gasteiger partial charge in [0.25, 0.3) is 0 Å². The summed E-state index contributed by atoms with van der Waals surface area (Å²) in [4.78, 5) is 11.6. The fourth-order valence-electron chi connectivity index (χ4n) is 1.80.